The number of alkyl halides is 3. The van der Waals surface area contributed by atoms with E-state index < -0.39 is 11.7 Å². The van der Waals surface area contributed by atoms with Gasteiger partial charge < -0.3 is 14.4 Å². The first-order valence-corrected chi connectivity index (χ1v) is 10.4. The van der Waals surface area contributed by atoms with Gasteiger partial charge in [-0.15, -0.1) is 0 Å². The molecule has 0 saturated carbocycles. The molecule has 0 N–H and O–H groups in total. The quantitative estimate of drug-likeness (QED) is 0.627. The summed E-state index contributed by atoms with van der Waals surface area (Å²) in [6.45, 7) is 1.72. The van der Waals surface area contributed by atoms with Crippen molar-refractivity contribution >= 4 is 17.4 Å². The van der Waals surface area contributed by atoms with Crippen molar-refractivity contribution in [1.82, 2.24) is 9.55 Å². The molecule has 0 spiro atoms. The smallest absolute Gasteiger partial charge is 0.417 e. The minimum Gasteiger partial charge on any atom is -0.486 e. The van der Waals surface area contributed by atoms with Crippen molar-refractivity contribution in [3.05, 3.63) is 69.1 Å². The number of nitrogens with zero attached hydrogens (tertiary/aromatic N) is 3. The Hall–Kier alpha value is -2.94. The monoisotopic (exact) mass is 467 g/mol. The third-order valence-electron chi connectivity index (χ3n) is 5.32. The van der Waals surface area contributed by atoms with Gasteiger partial charge in [0, 0.05) is 39.0 Å². The Balaban J connectivity index is 1.30. The Bertz CT molecular complexity index is 1130. The third kappa shape index (κ3) is 4.93. The van der Waals surface area contributed by atoms with Gasteiger partial charge in [0.15, 0.2) is 0 Å². The van der Waals surface area contributed by atoms with Crippen molar-refractivity contribution in [3.8, 4) is 11.6 Å². The Morgan fingerprint density at radius 1 is 1.25 bits per heavy atom. The number of hydrogen-bond donors (Lipinski definition) is 0. The maximum absolute atomic E-state index is 13.0. The van der Waals surface area contributed by atoms with Crippen molar-refractivity contribution in [1.29, 1.82) is 0 Å². The lowest BCUT2D eigenvalue weighted by molar-refractivity contribution is -0.137. The van der Waals surface area contributed by atoms with Gasteiger partial charge in [0.2, 0.25) is 5.88 Å². The summed E-state index contributed by atoms with van der Waals surface area (Å²) in [7, 11) is 1.91. The number of allylic oxidation sites excluding steroid dienone is 1. The minimum absolute atomic E-state index is 0.107. The first-order chi connectivity index (χ1) is 15.2. The summed E-state index contributed by atoms with van der Waals surface area (Å²) in [5.41, 5.74) is -0.239. The highest BCUT2D eigenvalue weighted by molar-refractivity contribution is 6.31. The molecule has 32 heavy (non-hydrogen) atoms. The molecule has 1 aromatic carbocycles. The lowest BCUT2D eigenvalue weighted by Crippen LogP contribution is -2.22. The van der Waals surface area contributed by atoms with E-state index in [1.54, 1.807) is 16.7 Å². The average Bonchev–Trinajstić information content (AvgIpc) is 3.11. The summed E-state index contributed by atoms with van der Waals surface area (Å²) in [5, 5.41) is -0.363. The normalized spacial score (nSPS) is 17.8. The molecule has 2 aliphatic rings. The van der Waals surface area contributed by atoms with Crippen molar-refractivity contribution in [3.63, 3.8) is 0 Å². The van der Waals surface area contributed by atoms with Gasteiger partial charge in [-0.2, -0.15) is 18.2 Å². The SMILES string of the molecule is CN1CCn2c1cc(OCCC1=CCC(Oc3ccc(Cl)c(C(F)(F)F)c3)C=C1)nc2=O. The number of benzene rings is 1. The summed E-state index contributed by atoms with van der Waals surface area (Å²) in [5.74, 6) is 1.18. The second-order valence-corrected chi connectivity index (χ2v) is 7.98. The van der Waals surface area contributed by atoms with Gasteiger partial charge in [0.25, 0.3) is 0 Å². The Morgan fingerprint density at radius 2 is 2.06 bits per heavy atom. The van der Waals surface area contributed by atoms with Crippen LogP contribution in [0.15, 0.2) is 52.9 Å². The van der Waals surface area contributed by atoms with Gasteiger partial charge in [-0.3, -0.25) is 4.57 Å². The molecule has 0 amide bonds. The summed E-state index contributed by atoms with van der Waals surface area (Å²) in [6, 6.07) is 5.26. The molecule has 1 aromatic heterocycles. The highest BCUT2D eigenvalue weighted by Crippen LogP contribution is 2.37. The zero-order valence-electron chi connectivity index (χ0n) is 17.2. The van der Waals surface area contributed by atoms with Crippen LogP contribution in [-0.4, -0.2) is 35.9 Å². The zero-order chi connectivity index (χ0) is 22.9. The number of halogens is 4. The number of ether oxygens (including phenoxy) is 2. The molecule has 170 valence electrons. The second-order valence-electron chi connectivity index (χ2n) is 7.58. The van der Waals surface area contributed by atoms with Crippen molar-refractivity contribution in [2.75, 3.05) is 25.1 Å². The van der Waals surface area contributed by atoms with E-state index in [1.807, 2.05) is 24.1 Å². The highest BCUT2D eigenvalue weighted by Gasteiger charge is 2.33. The molecule has 0 bridgehead atoms. The molecule has 1 aliphatic carbocycles. The summed E-state index contributed by atoms with van der Waals surface area (Å²) in [6.07, 6.45) is 1.80. The predicted molar refractivity (Wildman–Crippen MR) is 115 cm³/mol. The molecule has 0 fully saturated rings. The van der Waals surface area contributed by atoms with Crippen LogP contribution >= 0.6 is 11.6 Å². The molecule has 1 atom stereocenters. The lowest BCUT2D eigenvalue weighted by Gasteiger charge is -2.19. The molecule has 4 rings (SSSR count). The molecule has 1 unspecified atom stereocenters. The van der Waals surface area contributed by atoms with Crippen molar-refractivity contribution in [2.24, 2.45) is 0 Å². The molecule has 2 heterocycles. The van der Waals surface area contributed by atoms with E-state index in [1.165, 1.54) is 12.1 Å². The number of likely N-dealkylation sites (N-methyl/N-ethyl adjacent to an activating group) is 1. The molecule has 2 aromatic rings. The number of rotatable bonds is 6. The van der Waals surface area contributed by atoms with Crippen molar-refractivity contribution < 1.29 is 22.6 Å². The molecule has 6 nitrogen and oxygen atoms in total. The standard InChI is InChI=1S/C22H21ClF3N3O3/c1-28-9-10-29-20(28)13-19(27-21(29)30)31-11-8-14-2-4-15(5-3-14)32-16-6-7-18(23)17(12-16)22(24,25)26/h2-4,6-7,12-13,15H,5,8-11H2,1H3. The number of anilines is 1. The lowest BCUT2D eigenvalue weighted by atomic mass is 10.0. The molecular weight excluding hydrogens is 447 g/mol. The summed E-state index contributed by atoms with van der Waals surface area (Å²) in [4.78, 5) is 18.0. The van der Waals surface area contributed by atoms with Gasteiger partial charge in [-0.1, -0.05) is 23.8 Å². The fourth-order valence-electron chi connectivity index (χ4n) is 3.60. The van der Waals surface area contributed by atoms with Crippen LogP contribution < -0.4 is 20.1 Å². The van der Waals surface area contributed by atoms with Gasteiger partial charge in [-0.25, -0.2) is 4.79 Å². The van der Waals surface area contributed by atoms with Crippen LogP contribution in [0.25, 0.3) is 0 Å². The second kappa shape index (κ2) is 8.90. The molecule has 0 saturated heterocycles. The Labute approximate surface area is 187 Å². The molecule has 0 radical (unpaired) electrons. The number of hydrogen-bond acceptors (Lipinski definition) is 5. The van der Waals surface area contributed by atoms with E-state index in [4.69, 9.17) is 21.1 Å². The van der Waals surface area contributed by atoms with E-state index in [2.05, 4.69) is 4.98 Å². The third-order valence-corrected chi connectivity index (χ3v) is 5.65. The minimum atomic E-state index is -4.54. The molecular formula is C22H21ClF3N3O3. The van der Waals surface area contributed by atoms with Gasteiger partial charge in [-0.05, 0) is 29.8 Å². The number of fused-ring (bicyclic) bond motifs is 1. The largest absolute Gasteiger partial charge is 0.486 e. The van der Waals surface area contributed by atoms with E-state index in [9.17, 15) is 18.0 Å². The first kappa shape index (κ1) is 22.3. The van der Waals surface area contributed by atoms with E-state index >= 15 is 0 Å². The van der Waals surface area contributed by atoms with Crippen LogP contribution in [-0.2, 0) is 12.7 Å². The van der Waals surface area contributed by atoms with Crippen LogP contribution in [0.1, 0.15) is 18.4 Å². The van der Waals surface area contributed by atoms with Crippen LogP contribution in [0.5, 0.6) is 11.6 Å². The molecule has 1 aliphatic heterocycles. The van der Waals surface area contributed by atoms with E-state index in [0.717, 1.165) is 24.0 Å². The summed E-state index contributed by atoms with van der Waals surface area (Å²) < 4.78 is 52.0. The summed E-state index contributed by atoms with van der Waals surface area (Å²) >= 11 is 5.64. The van der Waals surface area contributed by atoms with Crippen LogP contribution in [0.2, 0.25) is 5.02 Å². The highest BCUT2D eigenvalue weighted by atomic mass is 35.5. The topological polar surface area (TPSA) is 56.6 Å². The zero-order valence-corrected chi connectivity index (χ0v) is 18.0. The van der Waals surface area contributed by atoms with Crippen LogP contribution in [0.4, 0.5) is 19.0 Å². The maximum atomic E-state index is 13.0. The van der Waals surface area contributed by atoms with Crippen molar-refractivity contribution in [2.45, 2.75) is 31.7 Å². The Morgan fingerprint density at radius 3 is 2.78 bits per heavy atom. The fraction of sp³-hybridized carbons (Fsp3) is 0.364. The van der Waals surface area contributed by atoms with Gasteiger partial charge in [0.05, 0.1) is 17.2 Å². The van der Waals surface area contributed by atoms with E-state index in [-0.39, 0.29) is 22.6 Å². The average molecular weight is 468 g/mol. The fourth-order valence-corrected chi connectivity index (χ4v) is 3.82. The Kier molecular flexibility index (Phi) is 6.19. The van der Waals surface area contributed by atoms with Crippen LogP contribution in [0, 0.1) is 0 Å². The number of aromatic nitrogens is 2. The maximum Gasteiger partial charge on any atom is 0.417 e. The van der Waals surface area contributed by atoms with Gasteiger partial charge in [0.1, 0.15) is 17.7 Å². The van der Waals surface area contributed by atoms with Crippen LogP contribution in [0.3, 0.4) is 0 Å². The molecule has 10 heteroatoms. The van der Waals surface area contributed by atoms with Gasteiger partial charge >= 0.3 is 11.9 Å². The van der Waals surface area contributed by atoms with E-state index in [0.29, 0.717) is 31.9 Å². The first-order valence-electron chi connectivity index (χ1n) is 10.1. The predicted octanol–water partition coefficient (Wildman–Crippen LogP) is 4.47.